The van der Waals surface area contributed by atoms with Crippen LogP contribution in [0.25, 0.3) is 0 Å². The molecule has 0 aromatic carbocycles. The van der Waals surface area contributed by atoms with E-state index in [1.807, 2.05) is 0 Å². The van der Waals surface area contributed by atoms with Gasteiger partial charge in [-0.15, -0.1) is 0 Å². The fourth-order valence-corrected chi connectivity index (χ4v) is 1.73. The van der Waals surface area contributed by atoms with E-state index in [-0.39, 0.29) is 0 Å². The van der Waals surface area contributed by atoms with Gasteiger partial charge in [0.1, 0.15) is 0 Å². The van der Waals surface area contributed by atoms with Crippen molar-refractivity contribution < 1.29 is 0 Å². The molecule has 0 bridgehead atoms. The SMILES string of the molecule is CCCCCCCCCCCCC=N. The molecule has 0 unspecified atom stereocenters. The highest BCUT2D eigenvalue weighted by Gasteiger charge is 1.91. The summed E-state index contributed by atoms with van der Waals surface area (Å²) < 4.78 is 0. The lowest BCUT2D eigenvalue weighted by molar-refractivity contribution is 0.559. The fraction of sp³-hybridized carbons (Fsp3) is 0.923. The van der Waals surface area contributed by atoms with Crippen LogP contribution in [0.1, 0.15) is 77.6 Å². The average molecular weight is 197 g/mol. The van der Waals surface area contributed by atoms with Crippen molar-refractivity contribution in [3.8, 4) is 0 Å². The molecule has 0 heterocycles. The van der Waals surface area contributed by atoms with Gasteiger partial charge >= 0.3 is 0 Å². The second kappa shape index (κ2) is 12.7. The standard InChI is InChI=1S/C13H27N/c1-2-3-4-5-6-7-8-9-10-11-12-13-14/h13-14H,2-12H2,1H3. The Morgan fingerprint density at radius 2 is 1.14 bits per heavy atom. The molecule has 0 aromatic heterocycles. The number of hydrogen-bond acceptors (Lipinski definition) is 1. The molecule has 1 heteroatoms. The summed E-state index contributed by atoms with van der Waals surface area (Å²) in [6, 6.07) is 0. The molecular weight excluding hydrogens is 170 g/mol. The van der Waals surface area contributed by atoms with Gasteiger partial charge < -0.3 is 5.41 Å². The van der Waals surface area contributed by atoms with Crippen LogP contribution in [0.15, 0.2) is 0 Å². The van der Waals surface area contributed by atoms with Crippen LogP contribution in [0, 0.1) is 5.41 Å². The van der Waals surface area contributed by atoms with Crippen LogP contribution in [0.5, 0.6) is 0 Å². The predicted molar refractivity (Wildman–Crippen MR) is 65.2 cm³/mol. The predicted octanol–water partition coefficient (Wildman–Crippen LogP) is 4.95. The van der Waals surface area contributed by atoms with Crippen molar-refractivity contribution in [2.24, 2.45) is 0 Å². The summed E-state index contributed by atoms with van der Waals surface area (Å²) in [4.78, 5) is 0. The maximum absolute atomic E-state index is 6.89. The van der Waals surface area contributed by atoms with Gasteiger partial charge in [0, 0.05) is 0 Å². The van der Waals surface area contributed by atoms with E-state index in [9.17, 15) is 0 Å². The van der Waals surface area contributed by atoms with Gasteiger partial charge in [0.15, 0.2) is 0 Å². The summed E-state index contributed by atoms with van der Waals surface area (Å²) in [6.07, 6.45) is 16.3. The molecule has 14 heavy (non-hydrogen) atoms. The number of rotatable bonds is 11. The van der Waals surface area contributed by atoms with E-state index in [0.29, 0.717) is 0 Å². The molecule has 1 N–H and O–H groups in total. The van der Waals surface area contributed by atoms with Gasteiger partial charge in [-0.05, 0) is 19.1 Å². The van der Waals surface area contributed by atoms with Gasteiger partial charge in [-0.1, -0.05) is 64.7 Å². The van der Waals surface area contributed by atoms with Crippen LogP contribution in [0.3, 0.4) is 0 Å². The first-order valence-electron chi connectivity index (χ1n) is 6.40. The first kappa shape index (κ1) is 13.7. The van der Waals surface area contributed by atoms with E-state index in [0.717, 1.165) is 6.42 Å². The smallest absolute Gasteiger partial charge is 0.00477 e. The largest absolute Gasteiger partial charge is 0.313 e. The minimum atomic E-state index is 0.983. The maximum atomic E-state index is 6.89. The van der Waals surface area contributed by atoms with Gasteiger partial charge in [-0.25, -0.2) is 0 Å². The first-order chi connectivity index (χ1) is 6.91. The molecule has 0 aliphatic rings. The molecule has 84 valence electrons. The van der Waals surface area contributed by atoms with Crippen molar-refractivity contribution in [3.63, 3.8) is 0 Å². The Bertz CT molecular complexity index is 110. The van der Waals surface area contributed by atoms with Crippen LogP contribution in [0.4, 0.5) is 0 Å². The number of hydrogen-bond donors (Lipinski definition) is 1. The van der Waals surface area contributed by atoms with Crippen molar-refractivity contribution in [3.05, 3.63) is 0 Å². The molecule has 0 spiro atoms. The Balaban J connectivity index is 2.81. The fourth-order valence-electron chi connectivity index (χ4n) is 1.73. The third-order valence-electron chi connectivity index (χ3n) is 2.70. The molecule has 0 fully saturated rings. The van der Waals surface area contributed by atoms with E-state index >= 15 is 0 Å². The zero-order valence-corrected chi connectivity index (χ0v) is 9.86. The highest BCUT2D eigenvalue weighted by atomic mass is 14.3. The number of nitrogens with one attached hydrogen (secondary N) is 1. The molecule has 0 aliphatic carbocycles. The van der Waals surface area contributed by atoms with Gasteiger partial charge in [0.2, 0.25) is 0 Å². The molecule has 0 radical (unpaired) electrons. The molecular formula is C13H27N. The van der Waals surface area contributed by atoms with E-state index < -0.39 is 0 Å². The van der Waals surface area contributed by atoms with Crippen LogP contribution in [-0.4, -0.2) is 6.21 Å². The van der Waals surface area contributed by atoms with Crippen molar-refractivity contribution in [2.75, 3.05) is 0 Å². The molecule has 0 aromatic rings. The quantitative estimate of drug-likeness (QED) is 0.358. The lowest BCUT2D eigenvalue weighted by Gasteiger charge is -2.00. The van der Waals surface area contributed by atoms with Crippen LogP contribution in [0.2, 0.25) is 0 Å². The van der Waals surface area contributed by atoms with Gasteiger partial charge in [-0.2, -0.15) is 0 Å². The lowest BCUT2D eigenvalue weighted by Crippen LogP contribution is -1.82. The lowest BCUT2D eigenvalue weighted by atomic mass is 10.1. The molecule has 1 nitrogen and oxygen atoms in total. The maximum Gasteiger partial charge on any atom is -0.00477 e. The Morgan fingerprint density at radius 3 is 1.57 bits per heavy atom. The summed E-state index contributed by atoms with van der Waals surface area (Å²) in [5.41, 5.74) is 0. The molecule has 0 saturated heterocycles. The van der Waals surface area contributed by atoms with Crippen molar-refractivity contribution in [1.29, 1.82) is 5.41 Å². The second-order valence-electron chi connectivity index (χ2n) is 4.17. The Morgan fingerprint density at radius 1 is 0.714 bits per heavy atom. The van der Waals surface area contributed by atoms with Crippen molar-refractivity contribution in [2.45, 2.75) is 77.6 Å². The normalized spacial score (nSPS) is 10.4. The summed E-state index contributed by atoms with van der Waals surface area (Å²) >= 11 is 0. The van der Waals surface area contributed by atoms with Crippen molar-refractivity contribution >= 4 is 6.21 Å². The van der Waals surface area contributed by atoms with Crippen LogP contribution >= 0.6 is 0 Å². The topological polar surface area (TPSA) is 23.9 Å². The molecule has 0 rings (SSSR count). The summed E-state index contributed by atoms with van der Waals surface area (Å²) in [7, 11) is 0. The minimum absolute atomic E-state index is 0.983. The van der Waals surface area contributed by atoms with Gasteiger partial charge in [0.05, 0.1) is 0 Å². The Kier molecular flexibility index (Phi) is 12.4. The third-order valence-corrected chi connectivity index (χ3v) is 2.70. The zero-order valence-electron chi connectivity index (χ0n) is 9.86. The van der Waals surface area contributed by atoms with Gasteiger partial charge in [-0.3, -0.25) is 0 Å². The Hall–Kier alpha value is -0.330. The minimum Gasteiger partial charge on any atom is -0.313 e. The van der Waals surface area contributed by atoms with E-state index in [4.69, 9.17) is 5.41 Å². The summed E-state index contributed by atoms with van der Waals surface area (Å²) in [5, 5.41) is 6.89. The second-order valence-corrected chi connectivity index (χ2v) is 4.17. The molecule has 0 atom stereocenters. The summed E-state index contributed by atoms with van der Waals surface area (Å²) in [6.45, 7) is 2.27. The monoisotopic (exact) mass is 197 g/mol. The molecule has 0 aliphatic heterocycles. The highest BCUT2D eigenvalue weighted by molar-refractivity contribution is 5.52. The summed E-state index contributed by atoms with van der Waals surface area (Å²) in [5.74, 6) is 0. The molecule has 0 saturated carbocycles. The van der Waals surface area contributed by atoms with Gasteiger partial charge in [0.25, 0.3) is 0 Å². The average Bonchev–Trinajstić information content (AvgIpc) is 2.21. The van der Waals surface area contributed by atoms with E-state index in [2.05, 4.69) is 6.92 Å². The first-order valence-corrected chi connectivity index (χ1v) is 6.40. The Labute approximate surface area is 89.8 Å². The van der Waals surface area contributed by atoms with Crippen LogP contribution < -0.4 is 0 Å². The van der Waals surface area contributed by atoms with Crippen molar-refractivity contribution in [1.82, 2.24) is 0 Å². The third kappa shape index (κ3) is 11.7. The zero-order chi connectivity index (χ0) is 10.5. The van der Waals surface area contributed by atoms with Crippen LogP contribution in [-0.2, 0) is 0 Å². The number of unbranched alkanes of at least 4 members (excludes halogenated alkanes) is 10. The highest BCUT2D eigenvalue weighted by Crippen LogP contribution is 2.10. The van der Waals surface area contributed by atoms with E-state index in [1.54, 1.807) is 0 Å². The molecule has 0 amide bonds. The van der Waals surface area contributed by atoms with E-state index in [1.165, 1.54) is 70.4 Å².